The number of methoxy groups -OCH3 is 1. The first kappa shape index (κ1) is 21.8. The van der Waals surface area contributed by atoms with Crippen LogP contribution in [0, 0.1) is 10.1 Å². The molecule has 0 unspecified atom stereocenters. The predicted octanol–water partition coefficient (Wildman–Crippen LogP) is 3.03. The molecule has 0 aliphatic carbocycles. The maximum Gasteiger partial charge on any atom is 0.326 e. The van der Waals surface area contributed by atoms with Crippen molar-refractivity contribution in [2.75, 3.05) is 13.4 Å². The highest BCUT2D eigenvalue weighted by Crippen LogP contribution is 2.43. The highest BCUT2D eigenvalue weighted by molar-refractivity contribution is 7.86. The molecule has 0 saturated carbocycles. The summed E-state index contributed by atoms with van der Waals surface area (Å²) >= 11 is 0. The van der Waals surface area contributed by atoms with Crippen LogP contribution in [0.4, 0.5) is 5.69 Å². The van der Waals surface area contributed by atoms with Crippen LogP contribution in [0.25, 0.3) is 0 Å². The third-order valence-electron chi connectivity index (χ3n) is 4.19. The zero-order valence-electron chi connectivity index (χ0n) is 16.6. The van der Waals surface area contributed by atoms with Gasteiger partial charge in [0.05, 0.1) is 29.5 Å². The summed E-state index contributed by atoms with van der Waals surface area (Å²) in [4.78, 5) is 24.0. The van der Waals surface area contributed by atoms with E-state index in [-0.39, 0.29) is 16.9 Å². The number of benzene rings is 1. The van der Waals surface area contributed by atoms with Crippen LogP contribution in [0.3, 0.4) is 0 Å². The zero-order chi connectivity index (χ0) is 21.5. The van der Waals surface area contributed by atoms with Crippen molar-refractivity contribution in [1.29, 1.82) is 0 Å². The van der Waals surface area contributed by atoms with Gasteiger partial charge in [-0.15, -0.1) is 0 Å². The highest BCUT2D eigenvalue weighted by atomic mass is 32.2. The Hall–Kier alpha value is -2.46. The lowest BCUT2D eigenvalue weighted by Gasteiger charge is -2.41. The lowest BCUT2D eigenvalue weighted by molar-refractivity contribution is -0.386. The molecule has 0 atom stereocenters. The van der Waals surface area contributed by atoms with Gasteiger partial charge in [-0.05, 0) is 46.2 Å². The summed E-state index contributed by atoms with van der Waals surface area (Å²) in [5.41, 5.74) is -2.10. The summed E-state index contributed by atoms with van der Waals surface area (Å²) in [5.74, 6) is -1.42. The van der Waals surface area contributed by atoms with E-state index in [2.05, 4.69) is 0 Å². The maximum atomic E-state index is 13.1. The van der Waals surface area contributed by atoms with Crippen molar-refractivity contribution in [3.8, 4) is 11.5 Å². The van der Waals surface area contributed by atoms with E-state index in [1.54, 1.807) is 19.9 Å². The highest BCUT2D eigenvalue weighted by Gasteiger charge is 2.41. The average molecular weight is 413 g/mol. The van der Waals surface area contributed by atoms with Crippen LogP contribution in [-0.4, -0.2) is 43.7 Å². The van der Waals surface area contributed by atoms with Gasteiger partial charge in [-0.2, -0.15) is 8.42 Å². The molecule has 1 aliphatic heterocycles. The number of hydrogen-bond donors (Lipinski definition) is 0. The van der Waals surface area contributed by atoms with Gasteiger partial charge >= 0.3 is 15.8 Å². The molecule has 0 spiro atoms. The van der Waals surface area contributed by atoms with E-state index in [0.29, 0.717) is 6.42 Å². The Labute approximate surface area is 163 Å². The molecule has 1 heterocycles. The van der Waals surface area contributed by atoms with E-state index in [4.69, 9.17) is 13.7 Å². The maximum absolute atomic E-state index is 13.1. The first-order valence-corrected chi connectivity index (χ1v) is 10.2. The van der Waals surface area contributed by atoms with Crippen molar-refractivity contribution in [3.63, 3.8) is 0 Å². The molecule has 0 amide bonds. The van der Waals surface area contributed by atoms with Crippen LogP contribution >= 0.6 is 0 Å². The summed E-state index contributed by atoms with van der Waals surface area (Å²) in [5, 5.41) is 11.7. The van der Waals surface area contributed by atoms with Gasteiger partial charge in [-0.3, -0.25) is 14.9 Å². The molecule has 9 nitrogen and oxygen atoms in total. The number of rotatable bonds is 6. The van der Waals surface area contributed by atoms with Crippen molar-refractivity contribution < 1.29 is 31.8 Å². The van der Waals surface area contributed by atoms with Gasteiger partial charge in [-0.25, -0.2) is 0 Å². The SMILES string of the molecule is COc1c(OS(C)(=O)=O)ccc(C(=O)C2=CCC(C)(C)OC2(C)C)c1[N+](=O)[O-]. The fourth-order valence-electron chi connectivity index (χ4n) is 3.24. The van der Waals surface area contributed by atoms with E-state index in [0.717, 1.165) is 25.5 Å². The van der Waals surface area contributed by atoms with Gasteiger partial charge in [0, 0.05) is 5.57 Å². The van der Waals surface area contributed by atoms with Crippen LogP contribution in [-0.2, 0) is 14.9 Å². The Morgan fingerprint density at radius 2 is 1.86 bits per heavy atom. The average Bonchev–Trinajstić information content (AvgIpc) is 2.50. The fraction of sp³-hybridized carbons (Fsp3) is 0.500. The van der Waals surface area contributed by atoms with E-state index in [1.165, 1.54) is 0 Å². The Morgan fingerprint density at radius 1 is 1.25 bits per heavy atom. The summed E-state index contributed by atoms with van der Waals surface area (Å²) in [7, 11) is -2.83. The lowest BCUT2D eigenvalue weighted by atomic mass is 9.83. The summed E-state index contributed by atoms with van der Waals surface area (Å²) in [6.07, 6.45) is 2.96. The predicted molar refractivity (Wildman–Crippen MR) is 101 cm³/mol. The second-order valence-corrected chi connectivity index (χ2v) is 9.14. The molecule has 1 aromatic rings. The van der Waals surface area contributed by atoms with Crippen molar-refractivity contribution in [2.24, 2.45) is 0 Å². The van der Waals surface area contributed by atoms with Crippen LogP contribution in [0.1, 0.15) is 44.5 Å². The minimum Gasteiger partial charge on any atom is -0.488 e. The first-order valence-electron chi connectivity index (χ1n) is 8.39. The quantitative estimate of drug-likeness (QED) is 0.302. The van der Waals surface area contributed by atoms with E-state index in [9.17, 15) is 23.3 Å². The van der Waals surface area contributed by atoms with Crippen molar-refractivity contribution in [3.05, 3.63) is 39.5 Å². The van der Waals surface area contributed by atoms with Crippen molar-refractivity contribution in [1.82, 2.24) is 0 Å². The van der Waals surface area contributed by atoms with Crippen LogP contribution in [0.15, 0.2) is 23.8 Å². The fourth-order valence-corrected chi connectivity index (χ4v) is 3.69. The number of nitro benzene ring substituents is 1. The molecule has 0 aromatic heterocycles. The molecule has 1 aliphatic rings. The van der Waals surface area contributed by atoms with E-state index < -0.39 is 43.5 Å². The van der Waals surface area contributed by atoms with Gasteiger partial charge in [0.25, 0.3) is 0 Å². The Balaban J connectivity index is 2.64. The summed E-state index contributed by atoms with van der Waals surface area (Å²) < 4.78 is 38.6. The van der Waals surface area contributed by atoms with E-state index >= 15 is 0 Å². The minimum absolute atomic E-state index is 0.245. The number of hydrogen-bond acceptors (Lipinski definition) is 8. The van der Waals surface area contributed by atoms with E-state index in [1.807, 2.05) is 13.8 Å². The molecule has 1 aromatic carbocycles. The Kier molecular flexibility index (Phi) is 5.59. The number of nitro groups is 1. The van der Waals surface area contributed by atoms with Gasteiger partial charge in [0.1, 0.15) is 5.56 Å². The van der Waals surface area contributed by atoms with Crippen molar-refractivity contribution in [2.45, 2.75) is 45.3 Å². The van der Waals surface area contributed by atoms with Crippen molar-refractivity contribution >= 4 is 21.6 Å². The monoisotopic (exact) mass is 413 g/mol. The molecular formula is C18H23NO8S. The topological polar surface area (TPSA) is 122 Å². The Bertz CT molecular complexity index is 960. The molecule has 0 saturated heterocycles. The molecule has 10 heteroatoms. The zero-order valence-corrected chi connectivity index (χ0v) is 17.4. The van der Waals surface area contributed by atoms with Gasteiger partial charge in [0.2, 0.25) is 5.75 Å². The lowest BCUT2D eigenvalue weighted by Crippen LogP contribution is -2.43. The van der Waals surface area contributed by atoms with Crippen LogP contribution < -0.4 is 8.92 Å². The minimum atomic E-state index is -3.96. The third kappa shape index (κ3) is 4.50. The smallest absolute Gasteiger partial charge is 0.326 e. The molecule has 28 heavy (non-hydrogen) atoms. The van der Waals surface area contributed by atoms with Crippen LogP contribution in [0.2, 0.25) is 0 Å². The number of Topliss-reactive ketones (excluding diaryl/α,β-unsaturated/α-hetero) is 1. The molecular weight excluding hydrogens is 390 g/mol. The van der Waals surface area contributed by atoms with Gasteiger partial charge < -0.3 is 13.7 Å². The molecule has 0 bridgehead atoms. The van der Waals surface area contributed by atoms with Crippen LogP contribution in [0.5, 0.6) is 11.5 Å². The number of ether oxygens (including phenoxy) is 2. The molecule has 0 radical (unpaired) electrons. The van der Waals surface area contributed by atoms with Gasteiger partial charge in [-0.1, -0.05) is 6.08 Å². The number of ketones is 1. The third-order valence-corrected chi connectivity index (χ3v) is 4.67. The normalized spacial score (nSPS) is 18.1. The summed E-state index contributed by atoms with van der Waals surface area (Å²) in [6.45, 7) is 7.19. The number of nitrogens with zero attached hydrogens (tertiary/aromatic N) is 1. The second-order valence-electron chi connectivity index (χ2n) is 7.56. The standard InChI is InChI=1S/C18H23NO8S/c1-17(2)10-9-12(18(3,4)27-17)15(20)11-7-8-13(26-28(6,23)24)16(25-5)14(11)19(21)22/h7-9H,10H2,1-6H3. The number of carbonyl (C=O) groups is 1. The second kappa shape index (κ2) is 7.17. The molecule has 0 N–H and O–H groups in total. The molecule has 2 rings (SSSR count). The number of carbonyl (C=O) groups excluding carboxylic acids is 1. The largest absolute Gasteiger partial charge is 0.488 e. The molecule has 154 valence electrons. The first-order chi connectivity index (χ1) is 12.7. The summed E-state index contributed by atoms with van der Waals surface area (Å²) in [6, 6.07) is 2.31. The molecule has 0 fully saturated rings. The van der Waals surface area contributed by atoms with Gasteiger partial charge in [0.15, 0.2) is 11.5 Å². The Morgan fingerprint density at radius 3 is 2.32 bits per heavy atom.